The smallest absolute Gasteiger partial charge is 0.365 e. The van der Waals surface area contributed by atoms with Crippen molar-refractivity contribution in [2.45, 2.75) is 6.54 Å². The lowest BCUT2D eigenvalue weighted by Gasteiger charge is -2.09. The summed E-state index contributed by atoms with van der Waals surface area (Å²) < 4.78 is 10.3. The van der Waals surface area contributed by atoms with E-state index < -0.39 is 5.97 Å². The molecule has 2 aromatic rings. The largest absolute Gasteiger partial charge is 0.497 e. The fraction of sp³-hybridized carbons (Fsp3) is 0.231. The highest BCUT2D eigenvalue weighted by Gasteiger charge is 2.09. The molecule has 0 fully saturated rings. The SMILES string of the molecule is COc1cc(NCc2csc(C(=O)O)n2)cc(OC)c1. The number of hydrogen-bond donors (Lipinski definition) is 2. The third-order valence-electron chi connectivity index (χ3n) is 2.56. The number of rotatable bonds is 6. The molecule has 0 unspecified atom stereocenters. The molecule has 0 aliphatic heterocycles. The average molecular weight is 294 g/mol. The molecule has 1 heterocycles. The van der Waals surface area contributed by atoms with Crippen LogP contribution in [0.5, 0.6) is 11.5 Å². The second-order valence-corrected chi connectivity index (χ2v) is 4.76. The van der Waals surface area contributed by atoms with Crippen molar-refractivity contribution in [2.75, 3.05) is 19.5 Å². The number of aromatic carboxylic acids is 1. The highest BCUT2D eigenvalue weighted by atomic mass is 32.1. The van der Waals surface area contributed by atoms with E-state index in [2.05, 4.69) is 10.3 Å². The Kier molecular flexibility index (Phi) is 4.41. The lowest BCUT2D eigenvalue weighted by molar-refractivity contribution is 0.0696. The number of nitrogens with one attached hydrogen (secondary N) is 1. The third-order valence-corrected chi connectivity index (χ3v) is 3.44. The number of carboxylic acids is 1. The van der Waals surface area contributed by atoms with E-state index >= 15 is 0 Å². The lowest BCUT2D eigenvalue weighted by Crippen LogP contribution is -2.02. The Morgan fingerprint density at radius 2 is 1.95 bits per heavy atom. The Bertz CT molecular complexity index is 590. The van der Waals surface area contributed by atoms with E-state index in [0.717, 1.165) is 17.0 Å². The van der Waals surface area contributed by atoms with E-state index in [1.54, 1.807) is 25.7 Å². The fourth-order valence-electron chi connectivity index (χ4n) is 1.59. The summed E-state index contributed by atoms with van der Waals surface area (Å²) in [6.45, 7) is 0.431. The minimum Gasteiger partial charge on any atom is -0.497 e. The zero-order valence-corrected chi connectivity index (χ0v) is 11.9. The molecule has 2 rings (SSSR count). The normalized spacial score (nSPS) is 10.1. The highest BCUT2D eigenvalue weighted by molar-refractivity contribution is 7.11. The van der Waals surface area contributed by atoms with Gasteiger partial charge in [-0.3, -0.25) is 0 Å². The summed E-state index contributed by atoms with van der Waals surface area (Å²) in [5.74, 6) is 0.344. The number of methoxy groups -OCH3 is 2. The Balaban J connectivity index is 2.07. The first-order valence-corrected chi connectivity index (χ1v) is 6.65. The predicted molar refractivity (Wildman–Crippen MR) is 75.9 cm³/mol. The Morgan fingerprint density at radius 1 is 1.30 bits per heavy atom. The number of benzene rings is 1. The van der Waals surface area contributed by atoms with Gasteiger partial charge in [0.1, 0.15) is 11.5 Å². The molecule has 7 heteroatoms. The molecule has 106 valence electrons. The first-order chi connectivity index (χ1) is 9.62. The number of hydrogen-bond acceptors (Lipinski definition) is 6. The van der Waals surface area contributed by atoms with Crippen LogP contribution in [0.15, 0.2) is 23.6 Å². The predicted octanol–water partition coefficient (Wildman–Crippen LogP) is 2.47. The van der Waals surface area contributed by atoms with Gasteiger partial charge in [0.15, 0.2) is 0 Å². The number of ether oxygens (including phenoxy) is 2. The summed E-state index contributed by atoms with van der Waals surface area (Å²) in [7, 11) is 3.16. The summed E-state index contributed by atoms with van der Waals surface area (Å²) in [6, 6.07) is 5.43. The molecule has 20 heavy (non-hydrogen) atoms. The van der Waals surface area contributed by atoms with Crippen LogP contribution >= 0.6 is 11.3 Å². The molecule has 0 aliphatic rings. The average Bonchev–Trinajstić information content (AvgIpc) is 2.93. The lowest BCUT2D eigenvalue weighted by atomic mass is 10.2. The Labute approximate surface area is 120 Å². The van der Waals surface area contributed by atoms with E-state index in [1.807, 2.05) is 12.1 Å². The molecule has 1 aromatic carbocycles. The van der Waals surface area contributed by atoms with Crippen LogP contribution in [0.3, 0.4) is 0 Å². The summed E-state index contributed by atoms with van der Waals surface area (Å²) in [5, 5.41) is 13.8. The molecule has 2 N–H and O–H groups in total. The van der Waals surface area contributed by atoms with E-state index in [4.69, 9.17) is 14.6 Å². The summed E-state index contributed by atoms with van der Waals surface area (Å²) in [6.07, 6.45) is 0. The standard InChI is InChI=1S/C13H14N2O4S/c1-18-10-3-8(4-11(5-10)19-2)14-6-9-7-20-12(15-9)13(16)17/h3-5,7,14H,6H2,1-2H3,(H,16,17). The van der Waals surface area contributed by atoms with Gasteiger partial charge in [-0.1, -0.05) is 0 Å². The first-order valence-electron chi connectivity index (χ1n) is 5.77. The van der Waals surface area contributed by atoms with Crippen LogP contribution in [-0.4, -0.2) is 30.3 Å². The van der Waals surface area contributed by atoms with Gasteiger partial charge in [-0.2, -0.15) is 0 Å². The van der Waals surface area contributed by atoms with Gasteiger partial charge in [0.25, 0.3) is 0 Å². The van der Waals surface area contributed by atoms with Gasteiger partial charge >= 0.3 is 5.97 Å². The Hall–Kier alpha value is -2.28. The van der Waals surface area contributed by atoms with E-state index in [0.29, 0.717) is 23.7 Å². The van der Waals surface area contributed by atoms with Gasteiger partial charge < -0.3 is 19.9 Å². The molecule has 0 bridgehead atoms. The molecule has 1 aromatic heterocycles. The maximum absolute atomic E-state index is 10.7. The van der Waals surface area contributed by atoms with Crippen molar-refractivity contribution in [1.29, 1.82) is 0 Å². The number of carbonyl (C=O) groups is 1. The number of aromatic nitrogens is 1. The molecule has 6 nitrogen and oxygen atoms in total. The van der Waals surface area contributed by atoms with E-state index in [1.165, 1.54) is 0 Å². The van der Waals surface area contributed by atoms with Crippen LogP contribution in [0, 0.1) is 0 Å². The van der Waals surface area contributed by atoms with Gasteiger partial charge in [0.2, 0.25) is 5.01 Å². The zero-order chi connectivity index (χ0) is 14.5. The number of anilines is 1. The van der Waals surface area contributed by atoms with Crippen LogP contribution in [0.25, 0.3) is 0 Å². The van der Waals surface area contributed by atoms with Crippen molar-refractivity contribution in [3.63, 3.8) is 0 Å². The topological polar surface area (TPSA) is 80.7 Å². The first kappa shape index (κ1) is 14.1. The van der Waals surface area contributed by atoms with Gasteiger partial charge in [0.05, 0.1) is 26.5 Å². The quantitative estimate of drug-likeness (QED) is 0.852. The monoisotopic (exact) mass is 294 g/mol. The van der Waals surface area contributed by atoms with Crippen LogP contribution in [0.2, 0.25) is 0 Å². The number of nitrogens with zero attached hydrogens (tertiary/aromatic N) is 1. The maximum atomic E-state index is 10.7. The Morgan fingerprint density at radius 3 is 2.45 bits per heavy atom. The minimum absolute atomic E-state index is 0.0880. The van der Waals surface area contributed by atoms with Crippen LogP contribution in [-0.2, 0) is 6.54 Å². The second kappa shape index (κ2) is 6.25. The van der Waals surface area contributed by atoms with Crippen molar-refractivity contribution < 1.29 is 19.4 Å². The van der Waals surface area contributed by atoms with Crippen LogP contribution < -0.4 is 14.8 Å². The van der Waals surface area contributed by atoms with Crippen molar-refractivity contribution in [2.24, 2.45) is 0 Å². The summed E-state index contributed by atoms with van der Waals surface area (Å²) in [4.78, 5) is 14.8. The molecule has 0 amide bonds. The molecule has 0 atom stereocenters. The third kappa shape index (κ3) is 3.39. The molecule has 0 spiro atoms. The van der Waals surface area contributed by atoms with Crippen molar-refractivity contribution in [3.8, 4) is 11.5 Å². The molecular weight excluding hydrogens is 280 g/mol. The van der Waals surface area contributed by atoms with Crippen molar-refractivity contribution in [1.82, 2.24) is 4.98 Å². The number of carboxylic acid groups (broad SMARTS) is 1. The van der Waals surface area contributed by atoms with Gasteiger partial charge in [-0.05, 0) is 0 Å². The van der Waals surface area contributed by atoms with Gasteiger partial charge in [0, 0.05) is 29.3 Å². The second-order valence-electron chi connectivity index (χ2n) is 3.90. The van der Waals surface area contributed by atoms with E-state index in [-0.39, 0.29) is 5.01 Å². The van der Waals surface area contributed by atoms with Crippen LogP contribution in [0.1, 0.15) is 15.5 Å². The van der Waals surface area contributed by atoms with Gasteiger partial charge in [-0.25, -0.2) is 9.78 Å². The highest BCUT2D eigenvalue weighted by Crippen LogP contribution is 2.26. The minimum atomic E-state index is -1.01. The summed E-state index contributed by atoms with van der Waals surface area (Å²) in [5.41, 5.74) is 1.49. The van der Waals surface area contributed by atoms with E-state index in [9.17, 15) is 4.79 Å². The summed E-state index contributed by atoms with van der Waals surface area (Å²) >= 11 is 1.11. The van der Waals surface area contributed by atoms with Crippen LogP contribution in [0.4, 0.5) is 5.69 Å². The maximum Gasteiger partial charge on any atom is 0.365 e. The van der Waals surface area contributed by atoms with Crippen molar-refractivity contribution in [3.05, 3.63) is 34.3 Å². The molecule has 0 saturated heterocycles. The molecule has 0 radical (unpaired) electrons. The molecular formula is C13H14N2O4S. The fourth-order valence-corrected chi connectivity index (χ4v) is 2.24. The van der Waals surface area contributed by atoms with Crippen molar-refractivity contribution >= 4 is 23.0 Å². The molecule has 0 aliphatic carbocycles. The molecule has 0 saturated carbocycles. The number of thiazole rings is 1. The van der Waals surface area contributed by atoms with Gasteiger partial charge in [-0.15, -0.1) is 11.3 Å². The zero-order valence-electron chi connectivity index (χ0n) is 11.0.